The molecule has 0 atom stereocenters. The number of pyridine rings is 1. The normalized spacial score (nSPS) is 10.1. The highest BCUT2D eigenvalue weighted by molar-refractivity contribution is 5.75. The van der Waals surface area contributed by atoms with Gasteiger partial charge in [-0.2, -0.15) is 5.10 Å². The van der Waals surface area contributed by atoms with Crippen molar-refractivity contribution < 1.29 is 4.79 Å². The predicted molar refractivity (Wildman–Crippen MR) is 62.7 cm³/mol. The minimum absolute atomic E-state index is 0.107. The standard InChI is InChI=1S/C11H13N5O/c12-10-6-15-16(7-10)8-11(17)14-5-9-1-3-13-4-2-9/h1-4,6-7H,5,8,12H2,(H,14,17). The molecule has 0 aromatic carbocycles. The lowest BCUT2D eigenvalue weighted by Crippen LogP contribution is -2.27. The molecule has 0 saturated heterocycles. The van der Waals surface area contributed by atoms with Crippen molar-refractivity contribution in [3.63, 3.8) is 0 Å². The van der Waals surface area contributed by atoms with Gasteiger partial charge in [0.2, 0.25) is 5.91 Å². The number of rotatable bonds is 4. The zero-order chi connectivity index (χ0) is 12.1. The summed E-state index contributed by atoms with van der Waals surface area (Å²) >= 11 is 0. The zero-order valence-corrected chi connectivity index (χ0v) is 9.21. The second-order valence-corrected chi connectivity index (χ2v) is 3.60. The molecular weight excluding hydrogens is 218 g/mol. The van der Waals surface area contributed by atoms with E-state index < -0.39 is 0 Å². The van der Waals surface area contributed by atoms with Crippen molar-refractivity contribution in [3.05, 3.63) is 42.5 Å². The van der Waals surface area contributed by atoms with E-state index in [-0.39, 0.29) is 12.5 Å². The van der Waals surface area contributed by atoms with E-state index in [1.807, 2.05) is 12.1 Å². The SMILES string of the molecule is Nc1cnn(CC(=O)NCc2ccncc2)c1. The largest absolute Gasteiger partial charge is 0.396 e. The van der Waals surface area contributed by atoms with Crippen LogP contribution in [0.25, 0.3) is 0 Å². The van der Waals surface area contributed by atoms with Crippen molar-refractivity contribution >= 4 is 11.6 Å². The molecule has 0 aliphatic heterocycles. The summed E-state index contributed by atoms with van der Waals surface area (Å²) in [6.45, 7) is 0.653. The molecule has 2 aromatic heterocycles. The quantitative estimate of drug-likeness (QED) is 0.785. The number of hydrogen-bond donors (Lipinski definition) is 2. The van der Waals surface area contributed by atoms with Crippen LogP contribution in [0.4, 0.5) is 5.69 Å². The molecule has 6 heteroatoms. The highest BCUT2D eigenvalue weighted by Crippen LogP contribution is 1.98. The molecule has 6 nitrogen and oxygen atoms in total. The van der Waals surface area contributed by atoms with Crippen molar-refractivity contribution in [1.82, 2.24) is 20.1 Å². The maximum absolute atomic E-state index is 11.6. The molecule has 0 unspecified atom stereocenters. The lowest BCUT2D eigenvalue weighted by atomic mass is 10.3. The molecule has 0 radical (unpaired) electrons. The first-order chi connectivity index (χ1) is 8.24. The lowest BCUT2D eigenvalue weighted by Gasteiger charge is -2.04. The summed E-state index contributed by atoms with van der Waals surface area (Å²) < 4.78 is 1.50. The molecule has 0 bridgehead atoms. The predicted octanol–water partition coefficient (Wildman–Crippen LogP) is 0.177. The molecule has 88 valence electrons. The number of carbonyl (C=O) groups excluding carboxylic acids is 1. The summed E-state index contributed by atoms with van der Waals surface area (Å²) in [5.74, 6) is -0.107. The minimum atomic E-state index is -0.107. The van der Waals surface area contributed by atoms with Crippen LogP contribution in [-0.2, 0) is 17.9 Å². The molecule has 3 N–H and O–H groups in total. The van der Waals surface area contributed by atoms with Gasteiger partial charge in [-0.1, -0.05) is 0 Å². The summed E-state index contributed by atoms with van der Waals surface area (Å²) in [7, 11) is 0. The number of nitrogens with two attached hydrogens (primary N) is 1. The molecular formula is C11H13N5O. The smallest absolute Gasteiger partial charge is 0.241 e. The molecule has 0 fully saturated rings. The molecule has 0 aliphatic carbocycles. The van der Waals surface area contributed by atoms with E-state index >= 15 is 0 Å². The van der Waals surface area contributed by atoms with Gasteiger partial charge in [0.1, 0.15) is 6.54 Å². The van der Waals surface area contributed by atoms with Gasteiger partial charge in [-0.25, -0.2) is 0 Å². The van der Waals surface area contributed by atoms with Crippen LogP contribution in [0.2, 0.25) is 0 Å². The summed E-state index contributed by atoms with van der Waals surface area (Å²) in [6.07, 6.45) is 6.51. The number of carbonyl (C=O) groups is 1. The molecule has 0 spiro atoms. The zero-order valence-electron chi connectivity index (χ0n) is 9.21. The first-order valence-corrected chi connectivity index (χ1v) is 5.17. The number of nitrogens with one attached hydrogen (secondary N) is 1. The molecule has 2 rings (SSSR count). The van der Waals surface area contributed by atoms with E-state index in [1.54, 1.807) is 18.6 Å². The fourth-order valence-corrected chi connectivity index (χ4v) is 1.37. The second kappa shape index (κ2) is 5.11. The number of nitrogen functional groups attached to an aromatic ring is 1. The first-order valence-electron chi connectivity index (χ1n) is 5.17. The third-order valence-corrected chi connectivity index (χ3v) is 2.20. The maximum atomic E-state index is 11.6. The Hall–Kier alpha value is -2.37. The number of nitrogens with zero attached hydrogens (tertiary/aromatic N) is 3. The fraction of sp³-hybridized carbons (Fsp3) is 0.182. The van der Waals surface area contributed by atoms with Crippen molar-refractivity contribution in [1.29, 1.82) is 0 Å². The van der Waals surface area contributed by atoms with Crippen molar-refractivity contribution in [2.45, 2.75) is 13.1 Å². The summed E-state index contributed by atoms with van der Waals surface area (Å²) in [5.41, 5.74) is 7.05. The van der Waals surface area contributed by atoms with Gasteiger partial charge in [0, 0.05) is 25.1 Å². The number of anilines is 1. The van der Waals surface area contributed by atoms with Crippen LogP contribution in [-0.4, -0.2) is 20.7 Å². The van der Waals surface area contributed by atoms with Gasteiger partial charge in [-0.05, 0) is 17.7 Å². The Morgan fingerprint density at radius 1 is 1.41 bits per heavy atom. The fourth-order valence-electron chi connectivity index (χ4n) is 1.37. The van der Waals surface area contributed by atoms with Gasteiger partial charge in [0.05, 0.1) is 11.9 Å². The Bertz CT molecular complexity index is 494. The van der Waals surface area contributed by atoms with Crippen LogP contribution < -0.4 is 11.1 Å². The topological polar surface area (TPSA) is 85.8 Å². The number of aromatic nitrogens is 3. The summed E-state index contributed by atoms with van der Waals surface area (Å²) in [4.78, 5) is 15.5. The maximum Gasteiger partial charge on any atom is 0.241 e. The van der Waals surface area contributed by atoms with Crippen molar-refractivity contribution in [3.8, 4) is 0 Å². The minimum Gasteiger partial charge on any atom is -0.396 e. The van der Waals surface area contributed by atoms with Gasteiger partial charge in [0.15, 0.2) is 0 Å². The Kier molecular flexibility index (Phi) is 3.34. The highest BCUT2D eigenvalue weighted by Gasteiger charge is 2.03. The van der Waals surface area contributed by atoms with Crippen molar-refractivity contribution in [2.24, 2.45) is 0 Å². The van der Waals surface area contributed by atoms with Gasteiger partial charge in [-0.15, -0.1) is 0 Å². The number of hydrogen-bond acceptors (Lipinski definition) is 4. The molecule has 1 amide bonds. The van der Waals surface area contributed by atoms with E-state index in [0.717, 1.165) is 5.56 Å². The number of amides is 1. The Balaban J connectivity index is 1.82. The Morgan fingerprint density at radius 3 is 2.82 bits per heavy atom. The van der Waals surface area contributed by atoms with E-state index in [9.17, 15) is 4.79 Å². The lowest BCUT2D eigenvalue weighted by molar-refractivity contribution is -0.122. The van der Waals surface area contributed by atoms with Gasteiger partial charge in [0.25, 0.3) is 0 Å². The van der Waals surface area contributed by atoms with Gasteiger partial charge in [-0.3, -0.25) is 14.5 Å². The first kappa shape index (κ1) is 11.1. The molecule has 0 aliphatic rings. The molecule has 0 saturated carbocycles. The Morgan fingerprint density at radius 2 is 2.18 bits per heavy atom. The summed E-state index contributed by atoms with van der Waals surface area (Å²) in [5, 5.41) is 6.72. The Labute approximate surface area is 98.5 Å². The van der Waals surface area contributed by atoms with Crippen LogP contribution in [0.15, 0.2) is 36.9 Å². The van der Waals surface area contributed by atoms with Gasteiger partial charge < -0.3 is 11.1 Å². The van der Waals surface area contributed by atoms with Crippen LogP contribution in [0.5, 0.6) is 0 Å². The van der Waals surface area contributed by atoms with E-state index in [4.69, 9.17) is 5.73 Å². The molecule has 2 aromatic rings. The van der Waals surface area contributed by atoms with Crippen LogP contribution in [0.1, 0.15) is 5.56 Å². The monoisotopic (exact) mass is 231 g/mol. The average Bonchev–Trinajstić information content (AvgIpc) is 2.73. The van der Waals surface area contributed by atoms with Gasteiger partial charge >= 0.3 is 0 Å². The molecule has 2 heterocycles. The van der Waals surface area contributed by atoms with E-state index in [1.165, 1.54) is 10.9 Å². The summed E-state index contributed by atoms with van der Waals surface area (Å²) in [6, 6.07) is 3.71. The third-order valence-electron chi connectivity index (χ3n) is 2.20. The van der Waals surface area contributed by atoms with Crippen LogP contribution in [0, 0.1) is 0 Å². The second-order valence-electron chi connectivity index (χ2n) is 3.60. The highest BCUT2D eigenvalue weighted by atomic mass is 16.2. The molecule has 17 heavy (non-hydrogen) atoms. The average molecular weight is 231 g/mol. The van der Waals surface area contributed by atoms with Crippen LogP contribution >= 0.6 is 0 Å². The van der Waals surface area contributed by atoms with Crippen molar-refractivity contribution in [2.75, 3.05) is 5.73 Å². The van der Waals surface area contributed by atoms with Crippen LogP contribution in [0.3, 0.4) is 0 Å². The third kappa shape index (κ3) is 3.30. The van der Waals surface area contributed by atoms with E-state index in [2.05, 4.69) is 15.4 Å². The van der Waals surface area contributed by atoms with E-state index in [0.29, 0.717) is 12.2 Å².